The van der Waals surface area contributed by atoms with Crippen LogP contribution in [0.5, 0.6) is 5.75 Å². The highest BCUT2D eigenvalue weighted by Gasteiger charge is 2.27. The minimum atomic E-state index is 0.0446. The van der Waals surface area contributed by atoms with Crippen molar-refractivity contribution >= 4 is 34.9 Å². The van der Waals surface area contributed by atoms with Gasteiger partial charge in [-0.05, 0) is 55.7 Å². The largest absolute Gasteiger partial charge is 0.491 e. The molecule has 2 fully saturated rings. The van der Waals surface area contributed by atoms with E-state index in [0.29, 0.717) is 48.6 Å². The molecule has 7 nitrogen and oxygen atoms in total. The van der Waals surface area contributed by atoms with Crippen LogP contribution in [0, 0.1) is 6.92 Å². The van der Waals surface area contributed by atoms with Crippen molar-refractivity contribution in [2.75, 3.05) is 37.7 Å². The lowest BCUT2D eigenvalue weighted by atomic mass is 10.2. The second kappa shape index (κ2) is 11.2. The number of halogens is 2. The molecule has 2 saturated heterocycles. The predicted octanol–water partition coefficient (Wildman–Crippen LogP) is 4.95. The van der Waals surface area contributed by atoms with E-state index in [9.17, 15) is 4.79 Å². The first-order chi connectivity index (χ1) is 17.4. The van der Waals surface area contributed by atoms with Crippen molar-refractivity contribution in [1.29, 1.82) is 0 Å². The summed E-state index contributed by atoms with van der Waals surface area (Å²) in [5.41, 5.74) is 3.05. The number of hydrogen-bond acceptors (Lipinski definition) is 5. The summed E-state index contributed by atoms with van der Waals surface area (Å²) in [5, 5.41) is 6.13. The molecule has 1 aromatic heterocycles. The van der Waals surface area contributed by atoms with Crippen LogP contribution in [0.2, 0.25) is 10.0 Å². The Morgan fingerprint density at radius 3 is 2.61 bits per heavy atom. The fourth-order valence-electron chi connectivity index (χ4n) is 4.66. The molecule has 0 spiro atoms. The SMILES string of the molecule is Cc1cc(N2CCN(Cc3ccc(Cl)cc3)CC2=O)nn1Cc1cc(Cl)ccc1OCC1CCCO1. The van der Waals surface area contributed by atoms with Crippen LogP contribution in [-0.2, 0) is 22.6 Å². The van der Waals surface area contributed by atoms with Gasteiger partial charge in [-0.1, -0.05) is 35.3 Å². The second-order valence-corrected chi connectivity index (χ2v) is 10.3. The Labute approximate surface area is 221 Å². The maximum atomic E-state index is 13.0. The standard InChI is InChI=1S/C27H30Cl2N4O3/c1-19-13-26(32-11-10-31(17-27(32)34)15-20-4-6-22(28)7-5-20)30-33(19)16-21-14-23(29)8-9-25(21)36-18-24-3-2-12-35-24/h4-9,13-14,24H,2-3,10-12,15-18H2,1H3. The van der Waals surface area contributed by atoms with Gasteiger partial charge in [-0.2, -0.15) is 5.10 Å². The molecule has 0 N–H and O–H groups in total. The van der Waals surface area contributed by atoms with E-state index in [-0.39, 0.29) is 12.0 Å². The Hall–Kier alpha value is -2.58. The van der Waals surface area contributed by atoms with Crippen LogP contribution in [0.25, 0.3) is 0 Å². The molecule has 1 atom stereocenters. The number of benzene rings is 2. The van der Waals surface area contributed by atoms with Crippen LogP contribution in [0.3, 0.4) is 0 Å². The van der Waals surface area contributed by atoms with Crippen molar-refractivity contribution in [3.05, 3.63) is 75.4 Å². The van der Waals surface area contributed by atoms with Crippen LogP contribution < -0.4 is 9.64 Å². The summed E-state index contributed by atoms with van der Waals surface area (Å²) in [6, 6.07) is 15.4. The van der Waals surface area contributed by atoms with Gasteiger partial charge >= 0.3 is 0 Å². The topological polar surface area (TPSA) is 59.8 Å². The Bertz CT molecular complexity index is 1210. The van der Waals surface area contributed by atoms with Crippen molar-refractivity contribution in [3.63, 3.8) is 0 Å². The second-order valence-electron chi connectivity index (χ2n) is 9.38. The summed E-state index contributed by atoms with van der Waals surface area (Å²) in [5.74, 6) is 1.49. The molecule has 0 bridgehead atoms. The van der Waals surface area contributed by atoms with Gasteiger partial charge in [0.05, 0.1) is 19.2 Å². The third kappa shape index (κ3) is 6.03. The van der Waals surface area contributed by atoms with E-state index < -0.39 is 0 Å². The van der Waals surface area contributed by atoms with Gasteiger partial charge in [0.2, 0.25) is 5.91 Å². The lowest BCUT2D eigenvalue weighted by Gasteiger charge is -2.33. The van der Waals surface area contributed by atoms with Crippen molar-refractivity contribution in [1.82, 2.24) is 14.7 Å². The molecule has 190 valence electrons. The number of anilines is 1. The van der Waals surface area contributed by atoms with Gasteiger partial charge in [0, 0.05) is 53.6 Å². The highest BCUT2D eigenvalue weighted by Crippen LogP contribution is 2.27. The molecule has 3 aromatic rings. The highest BCUT2D eigenvalue weighted by atomic mass is 35.5. The summed E-state index contributed by atoms with van der Waals surface area (Å²) in [6.45, 7) is 6.24. The van der Waals surface area contributed by atoms with E-state index in [2.05, 4.69) is 4.90 Å². The minimum Gasteiger partial charge on any atom is -0.491 e. The number of carbonyl (C=O) groups excluding carboxylic acids is 1. The lowest BCUT2D eigenvalue weighted by Crippen LogP contribution is -2.50. The summed E-state index contributed by atoms with van der Waals surface area (Å²) in [6.07, 6.45) is 2.23. The Morgan fingerprint density at radius 1 is 1.06 bits per heavy atom. The number of rotatable bonds is 8. The van der Waals surface area contributed by atoms with E-state index in [0.717, 1.165) is 48.6 Å². The number of nitrogens with zero attached hydrogens (tertiary/aromatic N) is 4. The van der Waals surface area contributed by atoms with Gasteiger partial charge in [0.1, 0.15) is 12.4 Å². The zero-order valence-corrected chi connectivity index (χ0v) is 21.8. The molecule has 5 rings (SSSR count). The number of aromatic nitrogens is 2. The summed E-state index contributed by atoms with van der Waals surface area (Å²) < 4.78 is 13.7. The smallest absolute Gasteiger partial charge is 0.242 e. The molecular formula is C27H30Cl2N4O3. The number of aryl methyl sites for hydroxylation is 1. The number of piperazine rings is 1. The van der Waals surface area contributed by atoms with E-state index >= 15 is 0 Å². The quantitative estimate of drug-likeness (QED) is 0.413. The minimum absolute atomic E-state index is 0.0446. The average molecular weight is 529 g/mol. The lowest BCUT2D eigenvalue weighted by molar-refractivity contribution is -0.121. The van der Waals surface area contributed by atoms with Gasteiger partial charge in [-0.3, -0.25) is 19.3 Å². The fraction of sp³-hybridized carbons (Fsp3) is 0.407. The average Bonchev–Trinajstić information content (AvgIpc) is 3.50. The van der Waals surface area contributed by atoms with E-state index in [1.54, 1.807) is 4.90 Å². The van der Waals surface area contributed by atoms with E-state index in [1.165, 1.54) is 0 Å². The van der Waals surface area contributed by atoms with Crippen LogP contribution >= 0.6 is 23.2 Å². The number of amides is 1. The van der Waals surface area contributed by atoms with Gasteiger partial charge in [0.25, 0.3) is 0 Å². The van der Waals surface area contributed by atoms with Gasteiger partial charge in [-0.15, -0.1) is 0 Å². The first-order valence-corrected chi connectivity index (χ1v) is 13.0. The third-order valence-electron chi connectivity index (χ3n) is 6.66. The van der Waals surface area contributed by atoms with E-state index in [4.69, 9.17) is 37.8 Å². The third-order valence-corrected chi connectivity index (χ3v) is 7.14. The Kier molecular flexibility index (Phi) is 7.82. The van der Waals surface area contributed by atoms with Crippen LogP contribution in [0.15, 0.2) is 48.5 Å². The highest BCUT2D eigenvalue weighted by molar-refractivity contribution is 6.30. The number of carbonyl (C=O) groups is 1. The summed E-state index contributed by atoms with van der Waals surface area (Å²) >= 11 is 12.3. The van der Waals surface area contributed by atoms with Crippen molar-refractivity contribution in [2.24, 2.45) is 0 Å². The molecule has 2 aliphatic heterocycles. The van der Waals surface area contributed by atoms with Crippen molar-refractivity contribution in [3.8, 4) is 5.75 Å². The summed E-state index contributed by atoms with van der Waals surface area (Å²) in [4.78, 5) is 16.9. The molecule has 2 aromatic carbocycles. The molecule has 3 heterocycles. The molecule has 36 heavy (non-hydrogen) atoms. The number of hydrogen-bond donors (Lipinski definition) is 0. The monoisotopic (exact) mass is 528 g/mol. The molecule has 9 heteroatoms. The molecule has 1 amide bonds. The van der Waals surface area contributed by atoms with E-state index in [1.807, 2.05) is 60.1 Å². The first kappa shape index (κ1) is 25.1. The maximum absolute atomic E-state index is 13.0. The molecule has 2 aliphatic rings. The number of ether oxygens (including phenoxy) is 2. The predicted molar refractivity (Wildman–Crippen MR) is 141 cm³/mol. The fourth-order valence-corrected chi connectivity index (χ4v) is 4.98. The molecule has 0 aliphatic carbocycles. The normalized spacial score (nSPS) is 18.7. The molecule has 0 radical (unpaired) electrons. The Morgan fingerprint density at radius 2 is 1.86 bits per heavy atom. The van der Waals surface area contributed by atoms with Crippen LogP contribution in [-0.4, -0.2) is 59.5 Å². The van der Waals surface area contributed by atoms with Crippen LogP contribution in [0.4, 0.5) is 5.82 Å². The summed E-state index contributed by atoms with van der Waals surface area (Å²) in [7, 11) is 0. The van der Waals surface area contributed by atoms with Crippen LogP contribution in [0.1, 0.15) is 29.7 Å². The van der Waals surface area contributed by atoms with Gasteiger partial charge < -0.3 is 9.47 Å². The molecule has 0 saturated carbocycles. The zero-order valence-electron chi connectivity index (χ0n) is 20.3. The first-order valence-electron chi connectivity index (χ1n) is 12.3. The molecular weight excluding hydrogens is 499 g/mol. The maximum Gasteiger partial charge on any atom is 0.242 e. The van der Waals surface area contributed by atoms with Gasteiger partial charge in [0.15, 0.2) is 5.82 Å². The van der Waals surface area contributed by atoms with Crippen molar-refractivity contribution in [2.45, 2.75) is 39.0 Å². The Balaban J connectivity index is 1.24. The van der Waals surface area contributed by atoms with Gasteiger partial charge in [-0.25, -0.2) is 0 Å². The molecule has 1 unspecified atom stereocenters. The zero-order chi connectivity index (χ0) is 25.1. The van der Waals surface area contributed by atoms with Crippen molar-refractivity contribution < 1.29 is 14.3 Å².